The number of aliphatic imine (C=N–C) groups is 1. The molecule has 1 rings (SSSR count). The molecular weight excluding hydrogens is 418 g/mol. The van der Waals surface area contributed by atoms with E-state index in [-0.39, 0.29) is 28.3 Å². The molecule has 10 heteroatoms. The highest BCUT2D eigenvalue weighted by Crippen LogP contribution is 1.95. The van der Waals surface area contributed by atoms with Gasteiger partial charge in [0.15, 0.2) is 5.96 Å². The molecule has 0 fully saturated rings. The van der Waals surface area contributed by atoms with E-state index in [9.17, 15) is 4.79 Å². The van der Waals surface area contributed by atoms with E-state index in [4.69, 9.17) is 0 Å². The molecule has 198 valence electrons. The highest BCUT2D eigenvalue weighted by atomic mass is 16.2. The van der Waals surface area contributed by atoms with Crippen LogP contribution >= 0.6 is 0 Å². The molecule has 0 saturated heterocycles. The summed E-state index contributed by atoms with van der Waals surface area (Å²) in [5.74, 6) is 2.56. The molecule has 0 aliphatic carbocycles. The first-order chi connectivity index (χ1) is 14.2. The second-order valence-corrected chi connectivity index (χ2v) is 5.71. The van der Waals surface area contributed by atoms with Crippen LogP contribution in [-0.4, -0.2) is 96.7 Å². The Hall–Kier alpha value is -3.17. The molecule has 0 spiro atoms. The highest BCUT2D eigenvalue weighted by Gasteiger charge is 2.06. The molecule has 0 aliphatic heterocycles. The van der Waals surface area contributed by atoms with Gasteiger partial charge in [0.2, 0.25) is 0 Å². The average molecular weight is 474 g/mol. The molecule has 0 aromatic carbocycles. The summed E-state index contributed by atoms with van der Waals surface area (Å²) in [7, 11) is 16.1. The van der Waals surface area contributed by atoms with Crippen LogP contribution in [0.2, 0.25) is 0 Å². The minimum absolute atomic E-state index is 0. The Morgan fingerprint density at radius 3 is 1.58 bits per heavy atom. The normalized spacial score (nSPS) is 7.33. The van der Waals surface area contributed by atoms with E-state index in [1.54, 1.807) is 44.2 Å². The van der Waals surface area contributed by atoms with Crippen molar-refractivity contribution in [2.45, 2.75) is 29.2 Å². The first-order valence-electron chi connectivity index (χ1n) is 9.56. The molecule has 0 atom stereocenters. The van der Waals surface area contributed by atoms with Gasteiger partial charge in [-0.25, -0.2) is 9.78 Å². The predicted octanol–water partition coefficient (Wildman–Crippen LogP) is 2.96. The van der Waals surface area contributed by atoms with E-state index in [1.165, 1.54) is 0 Å². The summed E-state index contributed by atoms with van der Waals surface area (Å²) < 4.78 is 0. The van der Waals surface area contributed by atoms with Gasteiger partial charge >= 0.3 is 6.03 Å². The minimum Gasteiger partial charge on any atom is -0.375 e. The summed E-state index contributed by atoms with van der Waals surface area (Å²) >= 11 is 0. The number of hydrogen-bond donors (Lipinski definition) is 5. The molecule has 0 saturated carbocycles. The van der Waals surface area contributed by atoms with E-state index in [1.807, 2.05) is 60.4 Å². The number of nitrogens with zero attached hydrogens (tertiary/aromatic N) is 4. The second-order valence-electron chi connectivity index (χ2n) is 5.71. The fourth-order valence-electron chi connectivity index (χ4n) is 1.46. The van der Waals surface area contributed by atoms with Gasteiger partial charge in [-0.3, -0.25) is 4.99 Å². The zero-order valence-electron chi connectivity index (χ0n) is 20.4. The Balaban J connectivity index is -0.0000000722. The molecular formula is C23H55N9O. The molecule has 0 bridgehead atoms. The quantitative estimate of drug-likeness (QED) is 0.338. The molecule has 5 N–H and O–H groups in total. The Morgan fingerprint density at radius 2 is 1.45 bits per heavy atom. The Labute approximate surface area is 205 Å². The third-order valence-corrected chi connectivity index (χ3v) is 3.41. The number of nitrogens with one attached hydrogen (secondary N) is 5. The number of pyridine rings is 1. The van der Waals surface area contributed by atoms with Crippen molar-refractivity contribution in [3.05, 3.63) is 36.8 Å². The molecule has 10 nitrogen and oxygen atoms in total. The van der Waals surface area contributed by atoms with E-state index in [0.29, 0.717) is 0 Å². The minimum atomic E-state index is 0. The number of carbonyl (C=O) groups excluding carboxylic acids is 1. The fraction of sp³-hybridized carbons (Fsp3) is 0.609. The van der Waals surface area contributed by atoms with Gasteiger partial charge < -0.3 is 36.4 Å². The van der Waals surface area contributed by atoms with E-state index >= 15 is 0 Å². The van der Waals surface area contributed by atoms with E-state index in [2.05, 4.69) is 43.1 Å². The van der Waals surface area contributed by atoms with Crippen molar-refractivity contribution in [2.75, 3.05) is 75.3 Å². The van der Waals surface area contributed by atoms with Crippen LogP contribution < -0.4 is 26.6 Å². The number of amides is 2. The van der Waals surface area contributed by atoms with Crippen molar-refractivity contribution in [3.8, 4) is 0 Å². The van der Waals surface area contributed by atoms with Gasteiger partial charge in [0, 0.05) is 76.2 Å². The zero-order chi connectivity index (χ0) is 23.9. The average Bonchev–Trinajstić information content (AvgIpc) is 2.80. The summed E-state index contributed by atoms with van der Waals surface area (Å²) in [6.45, 7) is 6.28. The number of rotatable bonds is 4. The SMILES string of the molecule is C.C.C.C=C(NC)NC.CCN(C)C(=O)N(C)C.CN=C(NC)NC.CNc1ccccn1. The number of guanidine groups is 1. The summed E-state index contributed by atoms with van der Waals surface area (Å²) in [4.78, 5) is 21.9. The molecule has 2 amide bonds. The van der Waals surface area contributed by atoms with Crippen LogP contribution in [0.4, 0.5) is 10.6 Å². The molecule has 0 aliphatic rings. The maximum Gasteiger partial charge on any atom is 0.319 e. The van der Waals surface area contributed by atoms with Crippen molar-refractivity contribution in [1.82, 2.24) is 36.1 Å². The molecule has 1 aromatic rings. The molecule has 1 heterocycles. The lowest BCUT2D eigenvalue weighted by molar-refractivity contribution is 0.184. The van der Waals surface area contributed by atoms with Gasteiger partial charge in [0.25, 0.3) is 0 Å². The number of carbonyl (C=O) groups is 1. The number of hydrogen-bond acceptors (Lipinski definition) is 6. The van der Waals surface area contributed by atoms with Gasteiger partial charge in [0.1, 0.15) is 5.82 Å². The summed E-state index contributed by atoms with van der Waals surface area (Å²) in [6.07, 6.45) is 1.76. The Kier molecular flexibility index (Phi) is 41.0. The number of anilines is 1. The number of urea groups is 1. The first-order valence-corrected chi connectivity index (χ1v) is 9.56. The van der Waals surface area contributed by atoms with Crippen molar-refractivity contribution >= 4 is 17.8 Å². The van der Waals surface area contributed by atoms with Gasteiger partial charge in [-0.2, -0.15) is 0 Å². The van der Waals surface area contributed by atoms with Crippen LogP contribution in [0.15, 0.2) is 41.8 Å². The lowest BCUT2D eigenvalue weighted by atomic mass is 10.5. The molecule has 33 heavy (non-hydrogen) atoms. The topological polar surface area (TPSA) is 109 Å². The largest absolute Gasteiger partial charge is 0.375 e. The fourth-order valence-corrected chi connectivity index (χ4v) is 1.46. The van der Waals surface area contributed by atoms with Crippen molar-refractivity contribution in [3.63, 3.8) is 0 Å². The van der Waals surface area contributed by atoms with E-state index in [0.717, 1.165) is 24.1 Å². The zero-order valence-corrected chi connectivity index (χ0v) is 20.4. The third kappa shape index (κ3) is 28.8. The first kappa shape index (κ1) is 43.7. The maximum absolute atomic E-state index is 10.9. The van der Waals surface area contributed by atoms with Crippen LogP contribution in [0.3, 0.4) is 0 Å². The van der Waals surface area contributed by atoms with Crippen molar-refractivity contribution in [1.29, 1.82) is 0 Å². The number of aromatic nitrogens is 1. The van der Waals surface area contributed by atoms with Crippen LogP contribution in [0.5, 0.6) is 0 Å². The predicted molar refractivity (Wildman–Crippen MR) is 150 cm³/mol. The monoisotopic (exact) mass is 473 g/mol. The van der Waals surface area contributed by atoms with Crippen LogP contribution in [0.25, 0.3) is 0 Å². The van der Waals surface area contributed by atoms with Crippen LogP contribution in [0.1, 0.15) is 29.2 Å². The van der Waals surface area contributed by atoms with Crippen molar-refractivity contribution in [2.24, 2.45) is 4.99 Å². The van der Waals surface area contributed by atoms with Crippen LogP contribution in [-0.2, 0) is 0 Å². The smallest absolute Gasteiger partial charge is 0.319 e. The second kappa shape index (κ2) is 31.0. The standard InChI is InChI=1S/C6H14N2O.C6H8N2.C4H11N3.C4H10N2.3CH4/c1-5-8(4)6(9)7(2)3;1-7-6-4-2-3-5-8-6;1-5-4(6-2)7-3;1-4(5-2)6-3;;;/h5H2,1-4H3;2-5H,1H3,(H,7,8);1-3H3,(H2,5,6,7);5-6H,1H2,2-3H3;3*1H4. The van der Waals surface area contributed by atoms with Gasteiger partial charge in [-0.1, -0.05) is 34.9 Å². The summed E-state index contributed by atoms with van der Waals surface area (Å²) in [6, 6.07) is 5.80. The summed E-state index contributed by atoms with van der Waals surface area (Å²) in [5, 5.41) is 14.2. The highest BCUT2D eigenvalue weighted by molar-refractivity contribution is 5.78. The third-order valence-electron chi connectivity index (χ3n) is 3.41. The van der Waals surface area contributed by atoms with Gasteiger partial charge in [0.05, 0.1) is 5.82 Å². The van der Waals surface area contributed by atoms with E-state index < -0.39 is 0 Å². The molecule has 1 aromatic heterocycles. The lowest BCUT2D eigenvalue weighted by Crippen LogP contribution is -2.35. The van der Waals surface area contributed by atoms with Crippen molar-refractivity contribution < 1.29 is 4.79 Å². The lowest BCUT2D eigenvalue weighted by Gasteiger charge is -2.19. The van der Waals surface area contributed by atoms with Gasteiger partial charge in [-0.15, -0.1) is 0 Å². The molecule has 0 unspecified atom stereocenters. The maximum atomic E-state index is 10.9. The Morgan fingerprint density at radius 1 is 0.970 bits per heavy atom. The van der Waals surface area contributed by atoms with Gasteiger partial charge in [-0.05, 0) is 19.1 Å². The Bertz CT molecular complexity index is 552. The van der Waals surface area contributed by atoms with Crippen LogP contribution in [0, 0.1) is 0 Å². The molecule has 0 radical (unpaired) electrons. The summed E-state index contributed by atoms with van der Waals surface area (Å²) in [5.41, 5.74) is 0.